The van der Waals surface area contributed by atoms with Gasteiger partial charge < -0.3 is 40.7 Å². The molecule has 0 unspecified atom stereocenters. The maximum Gasteiger partial charge on any atom is 0.501 e. The van der Waals surface area contributed by atoms with Crippen molar-refractivity contribution in [2.45, 2.75) is 139 Å². The first kappa shape index (κ1) is 71.8. The molecule has 0 spiro atoms. The molecule has 3 fully saturated rings. The average molecular weight is 1380 g/mol. The second-order valence-corrected chi connectivity index (χ2v) is 31.9. The van der Waals surface area contributed by atoms with Crippen LogP contribution in [0.2, 0.25) is 5.02 Å². The summed E-state index contributed by atoms with van der Waals surface area (Å²) in [5.41, 5.74) is 2.79. The highest BCUT2D eigenvalue weighted by Gasteiger charge is 2.49. The minimum absolute atomic E-state index is 0.0220. The number of hydrogen-bond acceptors (Lipinski definition) is 16. The number of aliphatic hydroxyl groups excluding tert-OH is 1. The highest BCUT2D eigenvalue weighted by Crippen LogP contribution is 2.43. The van der Waals surface area contributed by atoms with Gasteiger partial charge >= 0.3 is 5.51 Å². The number of carbonyl (C=O) groups excluding carboxylic acids is 4. The molecule has 5 aromatic rings. The molecule has 9 rings (SSSR count). The van der Waals surface area contributed by atoms with Crippen LogP contribution < -0.4 is 25.6 Å². The van der Waals surface area contributed by atoms with Crippen molar-refractivity contribution < 1.29 is 54.3 Å². The van der Waals surface area contributed by atoms with Crippen molar-refractivity contribution in [2.24, 2.45) is 10.8 Å². The summed E-state index contributed by atoms with van der Waals surface area (Å²) in [6, 6.07) is 22.7. The lowest BCUT2D eigenvalue weighted by molar-refractivity contribution is -0.144. The summed E-state index contributed by atoms with van der Waals surface area (Å²) in [6.07, 6.45) is 5.09. The Balaban J connectivity index is 0.683. The number of rotatable bonds is 25. The lowest BCUT2D eigenvalue weighted by atomic mass is 9.73. The molecule has 3 atom stereocenters. The van der Waals surface area contributed by atoms with Crippen molar-refractivity contribution in [1.82, 2.24) is 39.9 Å². The Morgan fingerprint density at radius 3 is 2.06 bits per heavy atom. The van der Waals surface area contributed by atoms with Gasteiger partial charge in [-0.15, -0.1) is 11.3 Å². The van der Waals surface area contributed by atoms with Gasteiger partial charge in [-0.25, -0.2) is 26.5 Å². The number of aromatic nitrogens is 1. The first-order valence-electron chi connectivity index (χ1n) is 32.2. The van der Waals surface area contributed by atoms with Crippen molar-refractivity contribution >= 4 is 83.4 Å². The van der Waals surface area contributed by atoms with Gasteiger partial charge in [0.25, 0.3) is 25.8 Å². The third-order valence-corrected chi connectivity index (χ3v) is 22.3. The molecule has 94 heavy (non-hydrogen) atoms. The van der Waals surface area contributed by atoms with E-state index >= 15 is 0 Å². The minimum atomic E-state index is -6.06. The highest BCUT2D eigenvalue weighted by molar-refractivity contribution is 7.92. The molecule has 3 aliphatic heterocycles. The van der Waals surface area contributed by atoms with E-state index in [9.17, 15) is 54.3 Å². The standard InChI is InChI=1S/C68H88ClF3N10O9S3/c1-46-61(92-45-75-46)49-14-12-47(13-15-49)42-74-64(86)58-39-54(83)44-82(58)65(87)62(66(2,3)4)76-60(84)11-8-7-9-29-78-31-33-79(34-32-78)30-10-28-73-57-25-24-55(40-59(57)93(88,89)68(70,71)72)94(90,91)77-63(85)50-18-22-53(23-19-50)81-37-35-80(36-38-81)43-51-41-67(5,6)27-26-56(51)48-16-20-52(69)21-17-48/h12-25,40,45,54,58,62,73,83H,7-11,26-39,41-44H2,1-6H3,(H,74,86)(H,76,84)(H,77,85)/t54-,58+,62-/m1/s1. The molecule has 4 heterocycles. The Morgan fingerprint density at radius 1 is 0.798 bits per heavy atom. The van der Waals surface area contributed by atoms with Crippen LogP contribution in [0.4, 0.5) is 24.5 Å². The van der Waals surface area contributed by atoms with Gasteiger partial charge in [-0.3, -0.25) is 24.1 Å². The predicted octanol–water partition coefficient (Wildman–Crippen LogP) is 9.76. The van der Waals surface area contributed by atoms with E-state index in [1.165, 1.54) is 33.7 Å². The zero-order valence-electron chi connectivity index (χ0n) is 54.4. The third kappa shape index (κ3) is 18.6. The first-order valence-corrected chi connectivity index (χ1v) is 36.5. The number of anilines is 2. The number of unbranched alkanes of at least 4 members (excludes halogenated alkanes) is 2. The monoisotopic (exact) mass is 1380 g/mol. The molecule has 3 saturated heterocycles. The van der Waals surface area contributed by atoms with Crippen LogP contribution >= 0.6 is 22.9 Å². The molecule has 4 aromatic carbocycles. The number of benzene rings is 4. The molecule has 0 bridgehead atoms. The number of nitrogens with one attached hydrogen (secondary N) is 4. The van der Waals surface area contributed by atoms with Crippen LogP contribution in [-0.2, 0) is 40.8 Å². The molecule has 0 saturated carbocycles. The number of piperazine rings is 2. The number of alkyl halides is 3. The van der Waals surface area contributed by atoms with Crippen LogP contribution in [0.3, 0.4) is 0 Å². The maximum atomic E-state index is 14.1. The van der Waals surface area contributed by atoms with Crippen LogP contribution in [0.1, 0.15) is 120 Å². The maximum absolute atomic E-state index is 14.1. The van der Waals surface area contributed by atoms with Crippen LogP contribution in [0.25, 0.3) is 16.0 Å². The summed E-state index contributed by atoms with van der Waals surface area (Å²) in [5.74, 6) is -2.14. The summed E-state index contributed by atoms with van der Waals surface area (Å²) in [4.78, 5) is 68.2. The summed E-state index contributed by atoms with van der Waals surface area (Å²) in [5, 5.41) is 20.0. The number of allylic oxidation sites excluding steroid dienone is 1. The summed E-state index contributed by atoms with van der Waals surface area (Å²) in [6.45, 7) is 20.6. The van der Waals surface area contributed by atoms with E-state index in [2.05, 4.69) is 66.5 Å². The fourth-order valence-corrected chi connectivity index (χ4v) is 15.8. The molecular weight excluding hydrogens is 1290 g/mol. The second kappa shape index (κ2) is 30.7. The quantitative estimate of drug-likeness (QED) is 0.0342. The predicted molar refractivity (Wildman–Crippen MR) is 362 cm³/mol. The van der Waals surface area contributed by atoms with Gasteiger partial charge in [0.05, 0.1) is 32.8 Å². The number of aliphatic hydroxyl groups is 1. The molecule has 1 aromatic heterocycles. The first-order chi connectivity index (χ1) is 44.4. The number of sulfonamides is 1. The number of likely N-dealkylation sites (tertiary alicyclic amines) is 1. The van der Waals surface area contributed by atoms with E-state index in [-0.39, 0.29) is 55.3 Å². The van der Waals surface area contributed by atoms with Crippen LogP contribution in [0.5, 0.6) is 0 Å². The number of aryl methyl sites for hydroxylation is 1. The summed E-state index contributed by atoms with van der Waals surface area (Å²) >= 11 is 7.76. The number of thiazole rings is 1. The Bertz CT molecular complexity index is 3740. The molecule has 510 valence electrons. The zero-order valence-corrected chi connectivity index (χ0v) is 57.6. The number of hydrogen-bond donors (Lipinski definition) is 5. The van der Waals surface area contributed by atoms with Crippen LogP contribution in [-0.4, -0.2) is 179 Å². The number of nitrogens with zero attached hydrogens (tertiary/aromatic N) is 6. The SMILES string of the molecule is Cc1ncsc1-c1ccc(CNC(=O)[C@@H]2C[C@@H](O)CN2C(=O)[C@@H](NC(=O)CCCCCN2CCN(CCCNc3ccc(S(=O)(=O)NC(=O)c4ccc(N5CCN(CC6=C(c7ccc(Cl)cc7)CCC(C)(C)C6)CC5)cc4)cc3S(=O)(=O)C(F)(F)F)CC2)C(C)(C)C)cc1. The molecule has 4 amide bonds. The van der Waals surface area contributed by atoms with E-state index in [0.29, 0.717) is 43.6 Å². The van der Waals surface area contributed by atoms with Gasteiger partial charge in [-0.2, -0.15) is 13.2 Å². The molecule has 5 N–H and O–H groups in total. The van der Waals surface area contributed by atoms with Crippen molar-refractivity contribution in [3.05, 3.63) is 129 Å². The number of carbonyl (C=O) groups is 4. The topological polar surface area (TPSA) is 234 Å². The van der Waals surface area contributed by atoms with Crippen molar-refractivity contribution in [2.75, 3.05) is 95.3 Å². The zero-order chi connectivity index (χ0) is 67.8. The van der Waals surface area contributed by atoms with Gasteiger partial charge in [0.2, 0.25) is 17.7 Å². The second-order valence-electron chi connectivity index (χ2n) is 27.0. The van der Waals surface area contributed by atoms with E-state index in [4.69, 9.17) is 11.6 Å². The summed E-state index contributed by atoms with van der Waals surface area (Å²) < 4.78 is 97.3. The van der Waals surface area contributed by atoms with Gasteiger partial charge in [0.1, 0.15) is 17.0 Å². The molecule has 0 radical (unpaired) electrons. The van der Waals surface area contributed by atoms with E-state index < -0.39 is 76.3 Å². The largest absolute Gasteiger partial charge is 0.501 e. The normalized spacial score (nSPS) is 19.1. The number of sulfone groups is 1. The van der Waals surface area contributed by atoms with Gasteiger partial charge in [-0.05, 0) is 146 Å². The van der Waals surface area contributed by atoms with Crippen LogP contribution in [0.15, 0.2) is 112 Å². The third-order valence-electron chi connectivity index (χ3n) is 18.3. The number of halogens is 4. The molecule has 1 aliphatic carbocycles. The van der Waals surface area contributed by atoms with E-state index in [1.807, 2.05) is 68.8 Å². The lowest BCUT2D eigenvalue weighted by Gasteiger charge is -2.39. The molecule has 26 heteroatoms. The molecule has 19 nitrogen and oxygen atoms in total. The van der Waals surface area contributed by atoms with Crippen molar-refractivity contribution in [3.8, 4) is 10.4 Å². The van der Waals surface area contributed by atoms with E-state index in [1.54, 1.807) is 29.0 Å². The van der Waals surface area contributed by atoms with Gasteiger partial charge in [-0.1, -0.05) is 94.6 Å². The Morgan fingerprint density at radius 2 is 1.44 bits per heavy atom. The summed E-state index contributed by atoms with van der Waals surface area (Å²) in [7, 11) is -10.9. The average Bonchev–Trinajstić information content (AvgIpc) is 0.962. The lowest BCUT2D eigenvalue weighted by Crippen LogP contribution is -2.57. The van der Waals surface area contributed by atoms with Crippen LogP contribution in [0, 0.1) is 17.8 Å². The van der Waals surface area contributed by atoms with Gasteiger partial charge in [0.15, 0.2) is 0 Å². The number of amides is 4. The minimum Gasteiger partial charge on any atom is -0.391 e. The smallest absolute Gasteiger partial charge is 0.391 e. The Hall–Kier alpha value is -6.45. The van der Waals surface area contributed by atoms with Crippen molar-refractivity contribution in [1.29, 1.82) is 0 Å². The van der Waals surface area contributed by atoms with Gasteiger partial charge in [0, 0.05) is 108 Å². The Labute approximate surface area is 559 Å². The Kier molecular flexibility index (Phi) is 23.5. The molecular formula is C68H88ClF3N10O9S3. The number of β-amino-alcohol motifs (C(OH)–C–C–N with tert-alkyl or cyclic N) is 1. The fourth-order valence-electron chi connectivity index (χ4n) is 12.8. The fraction of sp³-hybridized carbons (Fsp3) is 0.515. The highest BCUT2D eigenvalue weighted by atomic mass is 35.5. The molecule has 4 aliphatic rings. The van der Waals surface area contributed by atoms with E-state index in [0.717, 1.165) is 124 Å². The van der Waals surface area contributed by atoms with Crippen molar-refractivity contribution in [3.63, 3.8) is 0 Å².